The van der Waals surface area contributed by atoms with Gasteiger partial charge in [-0.05, 0) is 12.1 Å². The maximum absolute atomic E-state index is 6.17. The van der Waals surface area contributed by atoms with Gasteiger partial charge in [-0.15, -0.1) is 0 Å². The monoisotopic (exact) mass is 279 g/mol. The minimum atomic E-state index is -1.30. The minimum absolute atomic E-state index is 0. The Kier molecular flexibility index (Phi) is 4.84. The normalized spacial score (nSPS) is 10.5. The molecule has 0 saturated carbocycles. The molecular weight excluding hydrogens is 269 g/mol. The van der Waals surface area contributed by atoms with Crippen molar-refractivity contribution >= 4 is 23.2 Å². The third-order valence-corrected chi connectivity index (χ3v) is 3.48. The molecule has 0 nitrogen and oxygen atoms in total. The van der Waals surface area contributed by atoms with Crippen molar-refractivity contribution in [3.8, 4) is 0 Å². The van der Waals surface area contributed by atoms with Crippen LogP contribution in [-0.4, -0.2) is 13.3 Å². The molecule has 0 radical (unpaired) electrons. The Balaban J connectivity index is 0.000001000. The predicted octanol–water partition coefficient (Wildman–Crippen LogP) is 2.74. The summed E-state index contributed by atoms with van der Waals surface area (Å²) in [6.45, 7) is 2.91. The van der Waals surface area contributed by atoms with Crippen molar-refractivity contribution < 1.29 is 20.4 Å². The fourth-order valence-electron chi connectivity index (χ4n) is 0.782. The zero-order valence-electron chi connectivity index (χ0n) is 6.53. The molecule has 1 aromatic carbocycles. The van der Waals surface area contributed by atoms with E-state index in [-0.39, 0.29) is 20.4 Å². The maximum Gasteiger partial charge on any atom is 0.140 e. The van der Waals surface area contributed by atoms with Crippen molar-refractivity contribution in [1.82, 2.24) is 0 Å². The standard InChI is InChI=1S/C8H11ClP.Pd/c1-10(2,9)8-6-4-3-5-7-8;/h3-7H,1-2H3;/q+1;. The van der Waals surface area contributed by atoms with E-state index in [0.717, 1.165) is 0 Å². The van der Waals surface area contributed by atoms with Crippen LogP contribution in [0.5, 0.6) is 0 Å². The van der Waals surface area contributed by atoms with E-state index in [1.165, 1.54) is 5.30 Å². The van der Waals surface area contributed by atoms with Gasteiger partial charge in [-0.1, -0.05) is 18.2 Å². The molecule has 1 rings (SSSR count). The average molecular weight is 280 g/mol. The average Bonchev–Trinajstić information content (AvgIpc) is 1.88. The van der Waals surface area contributed by atoms with Crippen LogP contribution in [0.2, 0.25) is 0 Å². The molecular formula is C8H11ClPPd+. The van der Waals surface area contributed by atoms with Crippen LogP contribution in [0.4, 0.5) is 0 Å². The number of halogens is 1. The molecule has 0 N–H and O–H groups in total. The Morgan fingerprint density at radius 2 is 1.55 bits per heavy atom. The van der Waals surface area contributed by atoms with Gasteiger partial charge in [0.05, 0.1) is 24.6 Å². The molecule has 0 saturated heterocycles. The molecule has 11 heavy (non-hydrogen) atoms. The fourth-order valence-corrected chi connectivity index (χ4v) is 2.00. The molecule has 0 fully saturated rings. The second-order valence-corrected chi connectivity index (χ2v) is 8.34. The first-order chi connectivity index (χ1) is 4.61. The molecule has 1 aromatic rings. The van der Waals surface area contributed by atoms with E-state index in [1.54, 1.807) is 0 Å². The summed E-state index contributed by atoms with van der Waals surface area (Å²) in [5.41, 5.74) is 0. The number of rotatable bonds is 1. The Hall–Kier alpha value is 0.602. The largest absolute Gasteiger partial charge is 0.140 e. The summed E-state index contributed by atoms with van der Waals surface area (Å²) in [5, 5.41) is 1.27. The fraction of sp³-hybridized carbons (Fsp3) is 0.250. The second-order valence-electron chi connectivity index (χ2n) is 2.65. The first-order valence-corrected chi connectivity index (χ1v) is 6.79. The van der Waals surface area contributed by atoms with Crippen LogP contribution in [0, 0.1) is 0 Å². The molecule has 0 spiro atoms. The Labute approximate surface area is 87.1 Å². The Morgan fingerprint density at radius 3 is 1.82 bits per heavy atom. The summed E-state index contributed by atoms with van der Waals surface area (Å²) in [6, 6.07) is 10.2. The summed E-state index contributed by atoms with van der Waals surface area (Å²) < 4.78 is 0. The van der Waals surface area contributed by atoms with E-state index in [9.17, 15) is 0 Å². The van der Waals surface area contributed by atoms with Gasteiger partial charge in [0.1, 0.15) is 11.9 Å². The Morgan fingerprint density at radius 1 is 1.09 bits per heavy atom. The van der Waals surface area contributed by atoms with Crippen LogP contribution in [0.15, 0.2) is 30.3 Å². The van der Waals surface area contributed by atoms with E-state index < -0.39 is 6.62 Å². The van der Waals surface area contributed by atoms with Crippen molar-refractivity contribution in [2.45, 2.75) is 0 Å². The Bertz CT molecular complexity index is 205. The van der Waals surface area contributed by atoms with Crippen molar-refractivity contribution in [1.29, 1.82) is 0 Å². The molecule has 0 unspecified atom stereocenters. The zero-order chi connectivity index (χ0) is 7.61. The van der Waals surface area contributed by atoms with E-state index in [4.69, 9.17) is 11.2 Å². The molecule has 0 aromatic heterocycles. The third kappa shape index (κ3) is 3.68. The molecule has 0 aliphatic heterocycles. The van der Waals surface area contributed by atoms with Gasteiger partial charge in [-0.3, -0.25) is 0 Å². The molecule has 0 aliphatic rings. The van der Waals surface area contributed by atoms with Crippen LogP contribution < -0.4 is 5.30 Å². The number of benzene rings is 1. The molecule has 0 heterocycles. The SMILES string of the molecule is C[P+](C)(Cl)c1ccccc1.[Pd]. The smallest absolute Gasteiger partial charge is 0.0620 e. The summed E-state index contributed by atoms with van der Waals surface area (Å²) in [6.07, 6.45) is 0. The van der Waals surface area contributed by atoms with Crippen LogP contribution in [0.1, 0.15) is 0 Å². The van der Waals surface area contributed by atoms with Gasteiger partial charge in [0, 0.05) is 20.4 Å². The van der Waals surface area contributed by atoms with E-state index in [2.05, 4.69) is 25.5 Å². The van der Waals surface area contributed by atoms with Crippen LogP contribution in [0.3, 0.4) is 0 Å². The molecule has 64 valence electrons. The third-order valence-electron chi connectivity index (χ3n) is 1.37. The summed E-state index contributed by atoms with van der Waals surface area (Å²) in [7, 11) is 0. The van der Waals surface area contributed by atoms with Gasteiger partial charge < -0.3 is 0 Å². The maximum atomic E-state index is 6.17. The van der Waals surface area contributed by atoms with Crippen molar-refractivity contribution in [2.24, 2.45) is 0 Å². The van der Waals surface area contributed by atoms with E-state index in [1.807, 2.05) is 18.2 Å². The van der Waals surface area contributed by atoms with Gasteiger partial charge in [0.15, 0.2) is 0 Å². The van der Waals surface area contributed by atoms with Crippen molar-refractivity contribution in [3.05, 3.63) is 30.3 Å². The zero-order valence-corrected chi connectivity index (χ0v) is 9.73. The summed E-state index contributed by atoms with van der Waals surface area (Å²) in [4.78, 5) is 0. The molecule has 0 amide bonds. The van der Waals surface area contributed by atoms with Crippen molar-refractivity contribution in [2.75, 3.05) is 13.3 Å². The van der Waals surface area contributed by atoms with E-state index in [0.29, 0.717) is 0 Å². The molecule has 0 atom stereocenters. The van der Waals surface area contributed by atoms with Crippen LogP contribution in [0.25, 0.3) is 0 Å². The number of hydrogen-bond acceptors (Lipinski definition) is 0. The van der Waals surface area contributed by atoms with Gasteiger partial charge in [-0.2, -0.15) is 0 Å². The van der Waals surface area contributed by atoms with Gasteiger partial charge in [0.2, 0.25) is 0 Å². The number of hydrogen-bond donors (Lipinski definition) is 0. The summed E-state index contributed by atoms with van der Waals surface area (Å²) >= 11 is 6.17. The molecule has 0 aliphatic carbocycles. The van der Waals surface area contributed by atoms with Crippen LogP contribution >= 0.6 is 17.9 Å². The minimum Gasteiger partial charge on any atom is -0.0620 e. The quantitative estimate of drug-likeness (QED) is 0.548. The predicted molar refractivity (Wildman–Crippen MR) is 50.7 cm³/mol. The molecule has 3 heteroatoms. The van der Waals surface area contributed by atoms with Gasteiger partial charge >= 0.3 is 0 Å². The summed E-state index contributed by atoms with van der Waals surface area (Å²) in [5.74, 6) is 0. The second kappa shape index (κ2) is 4.58. The molecule has 0 bridgehead atoms. The van der Waals surface area contributed by atoms with E-state index >= 15 is 0 Å². The van der Waals surface area contributed by atoms with Crippen LogP contribution in [-0.2, 0) is 20.4 Å². The first kappa shape index (κ1) is 11.6. The van der Waals surface area contributed by atoms with Crippen molar-refractivity contribution in [3.63, 3.8) is 0 Å². The van der Waals surface area contributed by atoms with Gasteiger partial charge in [0.25, 0.3) is 0 Å². The topological polar surface area (TPSA) is 0 Å². The van der Waals surface area contributed by atoms with Gasteiger partial charge in [-0.25, -0.2) is 0 Å². The first-order valence-electron chi connectivity index (χ1n) is 3.20.